The molecule has 0 aliphatic carbocycles. The lowest BCUT2D eigenvalue weighted by atomic mass is 10.0. The third-order valence-electron chi connectivity index (χ3n) is 4.92. The van der Waals surface area contributed by atoms with Gasteiger partial charge in [0.1, 0.15) is 5.69 Å². The molecule has 0 fully saturated rings. The van der Waals surface area contributed by atoms with Gasteiger partial charge in [-0.2, -0.15) is 4.39 Å². The smallest absolute Gasteiger partial charge is 0.226 e. The highest BCUT2D eigenvalue weighted by molar-refractivity contribution is 5.95. The summed E-state index contributed by atoms with van der Waals surface area (Å²) in [4.78, 5) is 32.7. The van der Waals surface area contributed by atoms with Gasteiger partial charge in [0.15, 0.2) is 17.4 Å². The summed E-state index contributed by atoms with van der Waals surface area (Å²) in [6.07, 6.45) is 2.97. The van der Waals surface area contributed by atoms with E-state index in [2.05, 4.69) is 9.97 Å². The molecule has 0 radical (unpaired) electrons. The fraction of sp³-hybridized carbons (Fsp3) is 0.217. The number of carbonyl (C=O) groups is 2. The Bertz CT molecular complexity index is 1120. The van der Waals surface area contributed by atoms with Gasteiger partial charge < -0.3 is 4.90 Å². The van der Waals surface area contributed by atoms with E-state index >= 15 is 0 Å². The van der Waals surface area contributed by atoms with Crippen LogP contribution in [0.3, 0.4) is 0 Å². The molecular formula is C23H20F3N3O2. The number of Topliss-reactive ketones (excluding diaryl/α,β-unsaturated/α-hetero) is 1. The van der Waals surface area contributed by atoms with Crippen LogP contribution < -0.4 is 4.90 Å². The molecule has 0 spiro atoms. The first kappa shape index (κ1) is 22.1. The third-order valence-corrected chi connectivity index (χ3v) is 4.92. The van der Waals surface area contributed by atoms with E-state index in [1.165, 1.54) is 43.7 Å². The van der Waals surface area contributed by atoms with E-state index in [1.807, 2.05) is 0 Å². The molecular weight excluding hydrogens is 407 g/mol. The lowest BCUT2D eigenvalue weighted by Crippen LogP contribution is -2.26. The first-order chi connectivity index (χ1) is 14.8. The van der Waals surface area contributed by atoms with Crippen molar-refractivity contribution in [2.24, 2.45) is 0 Å². The number of benzene rings is 1. The normalized spacial score (nSPS) is 10.7. The molecule has 1 aromatic carbocycles. The van der Waals surface area contributed by atoms with Crippen LogP contribution in [-0.2, 0) is 11.2 Å². The number of amides is 1. The van der Waals surface area contributed by atoms with Crippen molar-refractivity contribution in [3.8, 4) is 11.1 Å². The van der Waals surface area contributed by atoms with Gasteiger partial charge in [0.25, 0.3) is 0 Å². The number of halogens is 3. The zero-order chi connectivity index (χ0) is 22.5. The van der Waals surface area contributed by atoms with Gasteiger partial charge in [0.2, 0.25) is 11.9 Å². The standard InChI is InChI=1S/C23H20F3N3O2/c1-3-20(31)29(2)18-10-8-16(21(24)22(18)25)15-6-9-17(28-13-15)19(30)11-7-14-5-4-12-27-23(14)26/h4-6,8-10,12-13H,3,7,11H2,1-2H3. The molecule has 2 aromatic heterocycles. The van der Waals surface area contributed by atoms with Crippen molar-refractivity contribution in [3.63, 3.8) is 0 Å². The number of rotatable bonds is 7. The number of anilines is 1. The molecule has 0 unspecified atom stereocenters. The molecule has 31 heavy (non-hydrogen) atoms. The van der Waals surface area contributed by atoms with E-state index in [0.717, 1.165) is 4.90 Å². The quantitative estimate of drug-likeness (QED) is 0.403. The zero-order valence-electron chi connectivity index (χ0n) is 17.0. The van der Waals surface area contributed by atoms with Crippen molar-refractivity contribution in [1.29, 1.82) is 0 Å². The van der Waals surface area contributed by atoms with Crippen LogP contribution in [-0.4, -0.2) is 28.7 Å². The summed E-state index contributed by atoms with van der Waals surface area (Å²) in [6, 6.07) is 8.70. The maximum Gasteiger partial charge on any atom is 0.226 e. The highest BCUT2D eigenvalue weighted by Gasteiger charge is 2.20. The number of aryl methyl sites for hydroxylation is 1. The average molecular weight is 427 g/mol. The molecule has 0 bridgehead atoms. The Morgan fingerprint density at radius 3 is 2.42 bits per heavy atom. The fourth-order valence-electron chi connectivity index (χ4n) is 3.09. The predicted octanol–water partition coefficient (Wildman–Crippen LogP) is 4.75. The number of pyridine rings is 2. The Morgan fingerprint density at radius 2 is 1.77 bits per heavy atom. The second-order valence-corrected chi connectivity index (χ2v) is 6.88. The molecule has 0 saturated carbocycles. The van der Waals surface area contributed by atoms with Gasteiger partial charge in [-0.15, -0.1) is 0 Å². The summed E-state index contributed by atoms with van der Waals surface area (Å²) >= 11 is 0. The van der Waals surface area contributed by atoms with Crippen molar-refractivity contribution in [3.05, 3.63) is 77.6 Å². The van der Waals surface area contributed by atoms with Crippen LogP contribution in [0, 0.1) is 17.6 Å². The van der Waals surface area contributed by atoms with Crippen LogP contribution >= 0.6 is 0 Å². The summed E-state index contributed by atoms with van der Waals surface area (Å²) in [5.74, 6) is -3.52. The number of hydrogen-bond acceptors (Lipinski definition) is 4. The van der Waals surface area contributed by atoms with Gasteiger partial charge in [-0.25, -0.2) is 13.8 Å². The van der Waals surface area contributed by atoms with E-state index in [1.54, 1.807) is 19.1 Å². The van der Waals surface area contributed by atoms with Crippen LogP contribution in [0.25, 0.3) is 11.1 Å². The van der Waals surface area contributed by atoms with Crippen LogP contribution in [0.1, 0.15) is 35.8 Å². The first-order valence-corrected chi connectivity index (χ1v) is 9.67. The lowest BCUT2D eigenvalue weighted by Gasteiger charge is -2.18. The van der Waals surface area contributed by atoms with E-state index in [-0.39, 0.29) is 53.5 Å². The Hall–Kier alpha value is -3.55. The zero-order valence-corrected chi connectivity index (χ0v) is 17.0. The van der Waals surface area contributed by atoms with Crippen LogP contribution in [0.5, 0.6) is 0 Å². The van der Waals surface area contributed by atoms with Crippen molar-refractivity contribution in [2.75, 3.05) is 11.9 Å². The van der Waals surface area contributed by atoms with Crippen LogP contribution in [0.15, 0.2) is 48.8 Å². The molecule has 2 heterocycles. The fourth-order valence-corrected chi connectivity index (χ4v) is 3.09. The van der Waals surface area contributed by atoms with Crippen LogP contribution in [0.4, 0.5) is 18.9 Å². The minimum Gasteiger partial charge on any atom is -0.313 e. The Kier molecular flexibility index (Phi) is 6.79. The minimum absolute atomic E-state index is 0.0322. The van der Waals surface area contributed by atoms with Gasteiger partial charge in [-0.3, -0.25) is 14.6 Å². The van der Waals surface area contributed by atoms with E-state index in [4.69, 9.17) is 0 Å². The number of nitrogens with zero attached hydrogens (tertiary/aromatic N) is 3. The molecule has 0 aliphatic rings. The third kappa shape index (κ3) is 4.79. The topological polar surface area (TPSA) is 63.2 Å². The molecule has 1 amide bonds. The van der Waals surface area contributed by atoms with E-state index < -0.39 is 17.6 Å². The summed E-state index contributed by atoms with van der Waals surface area (Å²) in [6.45, 7) is 1.63. The van der Waals surface area contributed by atoms with Gasteiger partial charge >= 0.3 is 0 Å². The van der Waals surface area contributed by atoms with Crippen molar-refractivity contribution >= 4 is 17.4 Å². The predicted molar refractivity (Wildman–Crippen MR) is 110 cm³/mol. The van der Waals surface area contributed by atoms with Gasteiger partial charge in [0, 0.05) is 49.0 Å². The summed E-state index contributed by atoms with van der Waals surface area (Å²) in [7, 11) is 1.38. The number of carbonyl (C=O) groups excluding carboxylic acids is 2. The largest absolute Gasteiger partial charge is 0.313 e. The summed E-state index contributed by atoms with van der Waals surface area (Å²) < 4.78 is 42.7. The number of aromatic nitrogens is 2. The average Bonchev–Trinajstić information content (AvgIpc) is 2.79. The van der Waals surface area contributed by atoms with E-state index in [0.29, 0.717) is 5.56 Å². The minimum atomic E-state index is -1.14. The Balaban J connectivity index is 1.76. The maximum atomic E-state index is 14.6. The van der Waals surface area contributed by atoms with Crippen molar-refractivity contribution in [1.82, 2.24) is 9.97 Å². The molecule has 0 saturated heterocycles. The second-order valence-electron chi connectivity index (χ2n) is 6.88. The number of ketones is 1. The molecule has 5 nitrogen and oxygen atoms in total. The monoisotopic (exact) mass is 427 g/mol. The second kappa shape index (κ2) is 9.51. The molecule has 0 atom stereocenters. The maximum absolute atomic E-state index is 14.6. The molecule has 0 aliphatic heterocycles. The van der Waals surface area contributed by atoms with Gasteiger partial charge in [0.05, 0.1) is 5.69 Å². The van der Waals surface area contributed by atoms with Crippen molar-refractivity contribution < 1.29 is 22.8 Å². The van der Waals surface area contributed by atoms with Crippen LogP contribution in [0.2, 0.25) is 0 Å². The molecule has 8 heteroatoms. The Labute approximate surface area is 177 Å². The van der Waals surface area contributed by atoms with Crippen molar-refractivity contribution in [2.45, 2.75) is 26.2 Å². The van der Waals surface area contributed by atoms with E-state index in [9.17, 15) is 22.8 Å². The molecule has 0 N–H and O–H groups in total. The first-order valence-electron chi connectivity index (χ1n) is 9.67. The Morgan fingerprint density at radius 1 is 1.00 bits per heavy atom. The highest BCUT2D eigenvalue weighted by atomic mass is 19.2. The number of hydrogen-bond donors (Lipinski definition) is 0. The molecule has 160 valence electrons. The summed E-state index contributed by atoms with van der Waals surface area (Å²) in [5.41, 5.74) is 0.552. The lowest BCUT2D eigenvalue weighted by molar-refractivity contribution is -0.118. The SMILES string of the molecule is CCC(=O)N(C)c1ccc(-c2ccc(C(=O)CCc3cccnc3F)nc2)c(F)c1F. The summed E-state index contributed by atoms with van der Waals surface area (Å²) in [5, 5.41) is 0. The highest BCUT2D eigenvalue weighted by Crippen LogP contribution is 2.30. The van der Waals surface area contributed by atoms with Gasteiger partial charge in [-0.1, -0.05) is 19.1 Å². The molecule has 3 aromatic rings. The molecule has 3 rings (SSSR count). The van der Waals surface area contributed by atoms with Gasteiger partial charge in [-0.05, 0) is 30.7 Å².